The summed E-state index contributed by atoms with van der Waals surface area (Å²) >= 11 is 0. The van der Waals surface area contributed by atoms with Gasteiger partial charge in [0.15, 0.2) is 0 Å². The summed E-state index contributed by atoms with van der Waals surface area (Å²) < 4.78 is 5.53. The number of carboxylic acids is 1. The van der Waals surface area contributed by atoms with E-state index in [0.29, 0.717) is 6.61 Å². The first-order chi connectivity index (χ1) is 8.38. The van der Waals surface area contributed by atoms with Crippen LogP contribution in [-0.4, -0.2) is 17.7 Å². The monoisotopic (exact) mass is 250 g/mol. The van der Waals surface area contributed by atoms with Gasteiger partial charge in [-0.15, -0.1) is 0 Å². The zero-order valence-electron chi connectivity index (χ0n) is 11.8. The van der Waals surface area contributed by atoms with Gasteiger partial charge in [-0.25, -0.2) is 0 Å². The van der Waals surface area contributed by atoms with Crippen molar-refractivity contribution < 1.29 is 14.6 Å². The molecule has 0 fully saturated rings. The van der Waals surface area contributed by atoms with Crippen molar-refractivity contribution in [3.05, 3.63) is 28.8 Å². The number of carbonyl (C=O) groups is 1. The third-order valence-electron chi connectivity index (χ3n) is 3.13. The lowest BCUT2D eigenvalue weighted by molar-refractivity contribution is -0.139. The molecule has 18 heavy (non-hydrogen) atoms. The van der Waals surface area contributed by atoms with Crippen LogP contribution in [0.25, 0.3) is 0 Å². The Morgan fingerprint density at radius 3 is 2.33 bits per heavy atom. The van der Waals surface area contributed by atoms with Crippen LogP contribution < -0.4 is 4.74 Å². The highest BCUT2D eigenvalue weighted by molar-refractivity contribution is 5.77. The predicted octanol–water partition coefficient (Wildman–Crippen LogP) is 3.53. The lowest BCUT2D eigenvalue weighted by atomic mass is 9.85. The lowest BCUT2D eigenvalue weighted by Crippen LogP contribution is -2.18. The number of aliphatic carboxylic acids is 1. The molecule has 1 rings (SSSR count). The Morgan fingerprint density at radius 2 is 1.89 bits per heavy atom. The molecule has 0 aliphatic rings. The van der Waals surface area contributed by atoms with Gasteiger partial charge >= 0.3 is 5.97 Å². The van der Waals surface area contributed by atoms with Gasteiger partial charge in [0.05, 0.1) is 12.5 Å². The van der Waals surface area contributed by atoms with Crippen molar-refractivity contribution >= 4 is 5.97 Å². The Hall–Kier alpha value is -1.51. The minimum atomic E-state index is -0.767. The zero-order chi connectivity index (χ0) is 13.9. The summed E-state index contributed by atoms with van der Waals surface area (Å²) in [5.41, 5.74) is 2.85. The SMILES string of the molecule is CCOc1cc(C)c(C(C(=O)O)C(C)C)cc1C. The van der Waals surface area contributed by atoms with E-state index in [9.17, 15) is 9.90 Å². The van der Waals surface area contributed by atoms with Crippen molar-refractivity contribution in [1.82, 2.24) is 0 Å². The fourth-order valence-corrected chi connectivity index (χ4v) is 2.24. The van der Waals surface area contributed by atoms with Crippen LogP contribution in [0.1, 0.15) is 43.4 Å². The van der Waals surface area contributed by atoms with Gasteiger partial charge in [0.25, 0.3) is 0 Å². The topological polar surface area (TPSA) is 46.5 Å². The van der Waals surface area contributed by atoms with Gasteiger partial charge in [0.2, 0.25) is 0 Å². The molecular formula is C15H22O3. The van der Waals surface area contributed by atoms with E-state index in [1.54, 1.807) is 0 Å². The van der Waals surface area contributed by atoms with Crippen molar-refractivity contribution in [2.75, 3.05) is 6.61 Å². The number of ether oxygens (including phenoxy) is 1. The van der Waals surface area contributed by atoms with E-state index in [1.165, 1.54) is 0 Å². The molecule has 1 aromatic rings. The second-order valence-corrected chi connectivity index (χ2v) is 4.97. The Labute approximate surface area is 109 Å². The highest BCUT2D eigenvalue weighted by Crippen LogP contribution is 2.32. The molecule has 0 aliphatic heterocycles. The van der Waals surface area contributed by atoms with Crippen molar-refractivity contribution in [2.45, 2.75) is 40.5 Å². The highest BCUT2D eigenvalue weighted by atomic mass is 16.5. The maximum atomic E-state index is 11.4. The molecule has 100 valence electrons. The van der Waals surface area contributed by atoms with Gasteiger partial charge in [0, 0.05) is 0 Å². The molecule has 0 amide bonds. The van der Waals surface area contributed by atoms with Crippen LogP contribution in [0.15, 0.2) is 12.1 Å². The molecule has 0 heterocycles. The molecule has 1 unspecified atom stereocenters. The van der Waals surface area contributed by atoms with Crippen molar-refractivity contribution in [2.24, 2.45) is 5.92 Å². The van der Waals surface area contributed by atoms with Gasteiger partial charge in [-0.3, -0.25) is 4.79 Å². The zero-order valence-corrected chi connectivity index (χ0v) is 11.8. The van der Waals surface area contributed by atoms with Gasteiger partial charge < -0.3 is 9.84 Å². The minimum absolute atomic E-state index is 0.0681. The lowest BCUT2D eigenvalue weighted by Gasteiger charge is -2.20. The fraction of sp³-hybridized carbons (Fsp3) is 0.533. The first kappa shape index (κ1) is 14.6. The van der Waals surface area contributed by atoms with Crippen LogP contribution in [0.5, 0.6) is 5.75 Å². The Morgan fingerprint density at radius 1 is 1.28 bits per heavy atom. The molecule has 0 saturated carbocycles. The Kier molecular flexibility index (Phi) is 4.76. The first-order valence-electron chi connectivity index (χ1n) is 6.35. The third-order valence-corrected chi connectivity index (χ3v) is 3.13. The molecule has 0 aromatic heterocycles. The van der Waals surface area contributed by atoms with E-state index >= 15 is 0 Å². The van der Waals surface area contributed by atoms with E-state index in [-0.39, 0.29) is 5.92 Å². The van der Waals surface area contributed by atoms with Gasteiger partial charge in [-0.05, 0) is 49.4 Å². The minimum Gasteiger partial charge on any atom is -0.494 e. The Bertz CT molecular complexity index is 436. The van der Waals surface area contributed by atoms with Crippen LogP contribution in [0, 0.1) is 19.8 Å². The quantitative estimate of drug-likeness (QED) is 0.869. The van der Waals surface area contributed by atoms with Crippen LogP contribution in [-0.2, 0) is 4.79 Å². The van der Waals surface area contributed by atoms with E-state index in [1.807, 2.05) is 46.8 Å². The number of benzene rings is 1. The van der Waals surface area contributed by atoms with Crippen LogP contribution in [0.4, 0.5) is 0 Å². The van der Waals surface area contributed by atoms with Crippen LogP contribution in [0.3, 0.4) is 0 Å². The molecule has 1 aromatic carbocycles. The molecule has 3 nitrogen and oxygen atoms in total. The summed E-state index contributed by atoms with van der Waals surface area (Å²) in [6.45, 7) is 10.3. The van der Waals surface area contributed by atoms with Crippen molar-refractivity contribution in [3.63, 3.8) is 0 Å². The second-order valence-electron chi connectivity index (χ2n) is 4.97. The smallest absolute Gasteiger partial charge is 0.311 e. The second kappa shape index (κ2) is 5.89. The van der Waals surface area contributed by atoms with E-state index in [0.717, 1.165) is 22.4 Å². The first-order valence-corrected chi connectivity index (χ1v) is 6.35. The summed E-state index contributed by atoms with van der Waals surface area (Å²) in [5, 5.41) is 9.35. The molecule has 0 bridgehead atoms. The summed E-state index contributed by atoms with van der Waals surface area (Å²) in [4.78, 5) is 11.4. The van der Waals surface area contributed by atoms with Crippen LogP contribution >= 0.6 is 0 Å². The molecule has 1 atom stereocenters. The molecule has 3 heteroatoms. The molecule has 0 aliphatic carbocycles. The summed E-state index contributed by atoms with van der Waals surface area (Å²) in [5.74, 6) is -0.318. The largest absolute Gasteiger partial charge is 0.494 e. The van der Waals surface area contributed by atoms with E-state index in [4.69, 9.17) is 4.74 Å². The molecular weight excluding hydrogens is 228 g/mol. The molecule has 1 N–H and O–H groups in total. The van der Waals surface area contributed by atoms with Gasteiger partial charge in [0.1, 0.15) is 5.75 Å². The maximum Gasteiger partial charge on any atom is 0.311 e. The number of hydrogen-bond acceptors (Lipinski definition) is 2. The number of aryl methyl sites for hydroxylation is 2. The summed E-state index contributed by atoms with van der Waals surface area (Å²) in [7, 11) is 0. The molecule has 0 radical (unpaired) electrons. The van der Waals surface area contributed by atoms with Crippen molar-refractivity contribution in [1.29, 1.82) is 0 Å². The highest BCUT2D eigenvalue weighted by Gasteiger charge is 2.25. The van der Waals surface area contributed by atoms with E-state index < -0.39 is 11.9 Å². The standard InChI is InChI=1S/C15H22O3/c1-6-18-13-8-10(4)12(7-11(13)5)14(9(2)3)15(16)17/h7-9,14H,6H2,1-5H3,(H,16,17). The molecule has 0 spiro atoms. The predicted molar refractivity (Wildman–Crippen MR) is 72.3 cm³/mol. The number of carboxylic acid groups (broad SMARTS) is 1. The van der Waals surface area contributed by atoms with Crippen LogP contribution in [0.2, 0.25) is 0 Å². The van der Waals surface area contributed by atoms with Crippen molar-refractivity contribution in [3.8, 4) is 5.75 Å². The maximum absolute atomic E-state index is 11.4. The average molecular weight is 250 g/mol. The molecule has 0 saturated heterocycles. The summed E-state index contributed by atoms with van der Waals surface area (Å²) in [6.07, 6.45) is 0. The summed E-state index contributed by atoms with van der Waals surface area (Å²) in [6, 6.07) is 3.88. The fourth-order valence-electron chi connectivity index (χ4n) is 2.24. The Balaban J connectivity index is 3.25. The third kappa shape index (κ3) is 3.03. The van der Waals surface area contributed by atoms with Gasteiger partial charge in [-0.2, -0.15) is 0 Å². The number of hydrogen-bond donors (Lipinski definition) is 1. The van der Waals surface area contributed by atoms with Gasteiger partial charge in [-0.1, -0.05) is 19.9 Å². The normalized spacial score (nSPS) is 12.6. The average Bonchev–Trinajstić information content (AvgIpc) is 2.24. The number of rotatable bonds is 5. The van der Waals surface area contributed by atoms with E-state index in [2.05, 4.69) is 0 Å².